The van der Waals surface area contributed by atoms with Gasteiger partial charge in [0.15, 0.2) is 5.69 Å². The fourth-order valence-electron chi connectivity index (χ4n) is 3.19. The van der Waals surface area contributed by atoms with Crippen LogP contribution in [-0.2, 0) is 11.3 Å². The summed E-state index contributed by atoms with van der Waals surface area (Å²) < 4.78 is 7.20. The fourth-order valence-corrected chi connectivity index (χ4v) is 3.19. The molecule has 4 rings (SSSR count). The zero-order valence-electron chi connectivity index (χ0n) is 16.7. The highest BCUT2D eigenvalue weighted by molar-refractivity contribution is 5.92. The Labute approximate surface area is 168 Å². The van der Waals surface area contributed by atoms with Crippen molar-refractivity contribution in [2.75, 3.05) is 0 Å². The van der Waals surface area contributed by atoms with E-state index in [2.05, 4.69) is 20.6 Å². The lowest BCUT2D eigenvalue weighted by molar-refractivity contribution is -0.122. The van der Waals surface area contributed by atoms with Crippen LogP contribution in [0.3, 0.4) is 0 Å². The molecule has 7 nitrogen and oxygen atoms in total. The first-order valence-corrected chi connectivity index (χ1v) is 9.71. The van der Waals surface area contributed by atoms with E-state index < -0.39 is 0 Å². The van der Waals surface area contributed by atoms with E-state index in [-0.39, 0.29) is 18.5 Å². The zero-order valence-corrected chi connectivity index (χ0v) is 16.7. The maximum absolute atomic E-state index is 12.4. The molecule has 2 heterocycles. The summed E-state index contributed by atoms with van der Waals surface area (Å²) in [6.45, 7) is 6.16. The van der Waals surface area contributed by atoms with Crippen LogP contribution < -0.4 is 5.32 Å². The van der Waals surface area contributed by atoms with Crippen molar-refractivity contribution < 1.29 is 9.32 Å². The molecule has 29 heavy (non-hydrogen) atoms. The van der Waals surface area contributed by atoms with Gasteiger partial charge in [0.05, 0.1) is 5.52 Å². The van der Waals surface area contributed by atoms with E-state index in [0.717, 1.165) is 28.5 Å². The summed E-state index contributed by atoms with van der Waals surface area (Å²) in [6, 6.07) is 15.8. The van der Waals surface area contributed by atoms with Gasteiger partial charge in [-0.15, -0.1) is 0 Å². The normalized spacial score (nSPS) is 12.2. The number of rotatable bonds is 6. The van der Waals surface area contributed by atoms with Crippen molar-refractivity contribution >= 4 is 16.8 Å². The van der Waals surface area contributed by atoms with E-state index in [9.17, 15) is 4.79 Å². The first kappa shape index (κ1) is 18.9. The summed E-state index contributed by atoms with van der Waals surface area (Å²) in [5, 5.41) is 12.6. The molecular weight excluding hydrogens is 366 g/mol. The summed E-state index contributed by atoms with van der Waals surface area (Å²) in [6.07, 6.45) is 0.876. The van der Waals surface area contributed by atoms with Gasteiger partial charge in [0.25, 0.3) is 5.89 Å². The molecule has 1 atom stereocenters. The van der Waals surface area contributed by atoms with Gasteiger partial charge in [-0.2, -0.15) is 10.1 Å². The highest BCUT2D eigenvalue weighted by Gasteiger charge is 2.20. The van der Waals surface area contributed by atoms with Crippen LogP contribution in [0.4, 0.5) is 0 Å². The van der Waals surface area contributed by atoms with Gasteiger partial charge in [0, 0.05) is 17.0 Å². The zero-order chi connectivity index (χ0) is 20.4. The van der Waals surface area contributed by atoms with Crippen molar-refractivity contribution in [2.24, 2.45) is 0 Å². The van der Waals surface area contributed by atoms with Crippen LogP contribution in [0.1, 0.15) is 25.8 Å². The minimum absolute atomic E-state index is 0.0786. The average Bonchev–Trinajstić information content (AvgIpc) is 3.33. The minimum Gasteiger partial charge on any atom is -0.352 e. The number of aryl methyl sites for hydroxylation is 1. The van der Waals surface area contributed by atoms with E-state index in [4.69, 9.17) is 4.52 Å². The number of aromatic nitrogens is 4. The van der Waals surface area contributed by atoms with Crippen molar-refractivity contribution in [1.82, 2.24) is 25.2 Å². The third kappa shape index (κ3) is 3.89. The largest absolute Gasteiger partial charge is 0.352 e. The third-order valence-electron chi connectivity index (χ3n) is 4.88. The molecule has 0 saturated heterocycles. The van der Waals surface area contributed by atoms with Gasteiger partial charge in [-0.25, -0.2) is 0 Å². The highest BCUT2D eigenvalue weighted by Crippen LogP contribution is 2.28. The number of fused-ring (bicyclic) bond motifs is 1. The second kappa shape index (κ2) is 7.87. The van der Waals surface area contributed by atoms with Crippen molar-refractivity contribution in [3.05, 3.63) is 54.1 Å². The Hall–Kier alpha value is -3.48. The number of hydrogen-bond acceptors (Lipinski definition) is 5. The molecule has 0 aliphatic rings. The van der Waals surface area contributed by atoms with Gasteiger partial charge in [-0.3, -0.25) is 9.48 Å². The SMILES string of the molecule is CC[C@H](C)NC(=O)Cn1nc(-c2nc(-c3cccc(C)c3)no2)c2ccccc21. The lowest BCUT2D eigenvalue weighted by Gasteiger charge is -2.11. The molecule has 7 heteroatoms. The van der Waals surface area contributed by atoms with E-state index in [1.165, 1.54) is 0 Å². The van der Waals surface area contributed by atoms with E-state index >= 15 is 0 Å². The van der Waals surface area contributed by atoms with Gasteiger partial charge < -0.3 is 9.84 Å². The van der Waals surface area contributed by atoms with Crippen LogP contribution in [0.25, 0.3) is 33.9 Å². The number of hydrogen-bond donors (Lipinski definition) is 1. The Balaban J connectivity index is 1.69. The lowest BCUT2D eigenvalue weighted by atomic mass is 10.1. The number of benzene rings is 2. The number of carbonyl (C=O) groups is 1. The summed E-state index contributed by atoms with van der Waals surface area (Å²) >= 11 is 0. The molecule has 2 aromatic carbocycles. The van der Waals surface area contributed by atoms with Crippen molar-refractivity contribution in [2.45, 2.75) is 39.8 Å². The van der Waals surface area contributed by atoms with Crippen LogP contribution >= 0.6 is 0 Å². The van der Waals surface area contributed by atoms with Crippen LogP contribution in [0, 0.1) is 6.92 Å². The van der Waals surface area contributed by atoms with Gasteiger partial charge in [-0.1, -0.05) is 54.0 Å². The molecule has 0 fully saturated rings. The topological polar surface area (TPSA) is 85.8 Å². The fraction of sp³-hybridized carbons (Fsp3) is 0.273. The van der Waals surface area contributed by atoms with Gasteiger partial charge in [0.1, 0.15) is 6.54 Å². The number of carbonyl (C=O) groups excluding carboxylic acids is 1. The molecule has 0 radical (unpaired) electrons. The predicted molar refractivity (Wildman–Crippen MR) is 111 cm³/mol. The minimum atomic E-state index is -0.0786. The third-order valence-corrected chi connectivity index (χ3v) is 4.88. The first-order chi connectivity index (χ1) is 14.0. The molecule has 0 aliphatic heterocycles. The van der Waals surface area contributed by atoms with Crippen molar-refractivity contribution in [3.63, 3.8) is 0 Å². The molecule has 0 saturated carbocycles. The maximum atomic E-state index is 12.4. The van der Waals surface area contributed by atoms with Crippen LogP contribution in [0.5, 0.6) is 0 Å². The van der Waals surface area contributed by atoms with Crippen molar-refractivity contribution in [3.8, 4) is 23.0 Å². The molecule has 0 bridgehead atoms. The summed E-state index contributed by atoms with van der Waals surface area (Å²) in [7, 11) is 0. The van der Waals surface area contributed by atoms with E-state index in [1.54, 1.807) is 4.68 Å². The molecule has 2 aromatic heterocycles. The van der Waals surface area contributed by atoms with Crippen LogP contribution in [0.15, 0.2) is 53.1 Å². The summed E-state index contributed by atoms with van der Waals surface area (Å²) in [5.41, 5.74) is 3.42. The maximum Gasteiger partial charge on any atom is 0.279 e. The first-order valence-electron chi connectivity index (χ1n) is 9.71. The number of nitrogens with zero attached hydrogens (tertiary/aromatic N) is 4. The highest BCUT2D eigenvalue weighted by atomic mass is 16.5. The summed E-state index contributed by atoms with van der Waals surface area (Å²) in [4.78, 5) is 16.9. The van der Waals surface area contributed by atoms with Crippen LogP contribution in [0.2, 0.25) is 0 Å². The lowest BCUT2D eigenvalue weighted by Crippen LogP contribution is -2.34. The van der Waals surface area contributed by atoms with Crippen molar-refractivity contribution in [1.29, 1.82) is 0 Å². The second-order valence-corrected chi connectivity index (χ2v) is 7.19. The number of nitrogens with one attached hydrogen (secondary N) is 1. The molecule has 0 unspecified atom stereocenters. The Morgan fingerprint density at radius 2 is 2.03 bits per heavy atom. The second-order valence-electron chi connectivity index (χ2n) is 7.19. The van der Waals surface area contributed by atoms with Gasteiger partial charge >= 0.3 is 0 Å². The monoisotopic (exact) mass is 389 g/mol. The average molecular weight is 389 g/mol. The van der Waals surface area contributed by atoms with E-state index in [0.29, 0.717) is 17.4 Å². The quantitative estimate of drug-likeness (QED) is 0.539. The Kier molecular flexibility index (Phi) is 5.12. The Morgan fingerprint density at radius 3 is 2.83 bits per heavy atom. The predicted octanol–water partition coefficient (Wildman–Crippen LogP) is 3.98. The number of amides is 1. The molecule has 148 valence electrons. The Bertz CT molecular complexity index is 1160. The van der Waals surface area contributed by atoms with Crippen LogP contribution in [-0.4, -0.2) is 31.9 Å². The molecule has 1 amide bonds. The molecule has 0 aliphatic carbocycles. The standard InChI is InChI=1S/C22H23N5O2/c1-4-15(3)23-19(28)13-27-18-11-6-5-10-17(18)20(25-27)22-24-21(26-29-22)16-9-7-8-14(2)12-16/h5-12,15H,4,13H2,1-3H3,(H,23,28)/t15-/m0/s1. The smallest absolute Gasteiger partial charge is 0.279 e. The molecule has 1 N–H and O–H groups in total. The van der Waals surface area contributed by atoms with Gasteiger partial charge in [0.2, 0.25) is 11.7 Å². The summed E-state index contributed by atoms with van der Waals surface area (Å²) in [5.74, 6) is 0.765. The van der Waals surface area contributed by atoms with Gasteiger partial charge in [-0.05, 0) is 32.4 Å². The molecule has 4 aromatic rings. The number of para-hydroxylation sites is 1. The molecule has 0 spiro atoms. The Morgan fingerprint density at radius 1 is 1.21 bits per heavy atom. The van der Waals surface area contributed by atoms with E-state index in [1.807, 2.05) is 69.3 Å². The molecular formula is C22H23N5O2.